The Balaban J connectivity index is 0.0000221. The van der Waals surface area contributed by atoms with E-state index in [1.165, 1.54) is 51.4 Å². The highest BCUT2D eigenvalue weighted by Crippen LogP contribution is 2.17. The van der Waals surface area contributed by atoms with Gasteiger partial charge in [0.25, 0.3) is 0 Å². The lowest BCUT2D eigenvalue weighted by atomic mass is 9.89. The van der Waals surface area contributed by atoms with E-state index in [2.05, 4.69) is 30.7 Å². The predicted molar refractivity (Wildman–Crippen MR) is 182 cm³/mol. The number of nitrogens with zero attached hydrogens (tertiary/aromatic N) is 3. The number of carboxylic acids is 1. The number of H-pyrrole nitrogens is 1. The summed E-state index contributed by atoms with van der Waals surface area (Å²) in [4.78, 5) is 47.6. The monoisotopic (exact) mass is 687 g/mol. The van der Waals surface area contributed by atoms with Gasteiger partial charge in [0.1, 0.15) is 0 Å². The van der Waals surface area contributed by atoms with Gasteiger partial charge >= 0.3 is 5.97 Å². The second-order valence-electron chi connectivity index (χ2n) is 13.1. The van der Waals surface area contributed by atoms with Crippen LogP contribution in [0.5, 0.6) is 0 Å². The maximum Gasteiger partial charge on any atom is 0.306 e. The number of carboxylic acid groups (broad SMARTS) is 1. The largest absolute Gasteiger partial charge is 0.481 e. The molecule has 6 N–H and O–H groups in total. The number of sulfonamides is 1. The summed E-state index contributed by atoms with van der Waals surface area (Å²) in [6.45, 7) is 3.40. The number of tetrazole rings is 1. The number of amides is 2. The molecule has 2 amide bonds. The van der Waals surface area contributed by atoms with E-state index in [0.717, 1.165) is 37.9 Å². The van der Waals surface area contributed by atoms with E-state index in [4.69, 9.17) is 5.73 Å². The molecule has 47 heavy (non-hydrogen) atoms. The van der Waals surface area contributed by atoms with E-state index in [-0.39, 0.29) is 44.6 Å². The Labute approximate surface area is 282 Å². The number of aromatic amines is 1. The van der Waals surface area contributed by atoms with Crippen LogP contribution in [0.3, 0.4) is 0 Å². The Morgan fingerprint density at radius 3 is 1.91 bits per heavy atom. The van der Waals surface area contributed by atoms with Gasteiger partial charge < -0.3 is 16.2 Å². The van der Waals surface area contributed by atoms with E-state index in [1.54, 1.807) is 13.8 Å². The minimum absolute atomic E-state index is 0. The van der Waals surface area contributed by atoms with E-state index in [0.29, 0.717) is 32.2 Å². The number of hydrogen-bond donors (Lipinski definition) is 5. The quantitative estimate of drug-likeness (QED) is 0.0714. The molecule has 1 heterocycles. The molecule has 1 rings (SSSR count). The van der Waals surface area contributed by atoms with Crippen LogP contribution in [0.15, 0.2) is 0 Å². The highest BCUT2D eigenvalue weighted by Gasteiger charge is 2.28. The third-order valence-corrected chi connectivity index (χ3v) is 9.45. The molecule has 0 spiro atoms. The van der Waals surface area contributed by atoms with Gasteiger partial charge in [-0.15, -0.1) is 10.2 Å². The van der Waals surface area contributed by atoms with Crippen molar-refractivity contribution in [3.8, 4) is 0 Å². The average molecular weight is 688 g/mol. The smallest absolute Gasteiger partial charge is 0.306 e. The van der Waals surface area contributed by atoms with Gasteiger partial charge in [-0.3, -0.25) is 23.9 Å². The Kier molecular flexibility index (Phi) is 21.7. The van der Waals surface area contributed by atoms with Gasteiger partial charge in [-0.1, -0.05) is 82.3 Å². The molecule has 0 unspecified atom stereocenters. The molecular formula is C32H61N7O7S. The van der Waals surface area contributed by atoms with Crippen molar-refractivity contribution < 1.29 is 34.1 Å². The normalized spacial score (nSPS) is 12.5. The number of carbonyl (C=O) groups excluding carboxylic acids is 3. The van der Waals surface area contributed by atoms with Crippen molar-refractivity contribution in [1.82, 2.24) is 30.7 Å². The van der Waals surface area contributed by atoms with Crippen molar-refractivity contribution in [2.24, 2.45) is 11.7 Å². The van der Waals surface area contributed by atoms with E-state index in [1.807, 2.05) is 0 Å². The molecule has 272 valence electrons. The highest BCUT2D eigenvalue weighted by molar-refractivity contribution is 7.90. The second-order valence-corrected chi connectivity index (χ2v) is 14.9. The summed E-state index contributed by atoms with van der Waals surface area (Å²) in [5.41, 5.74) is 4.66. The Hall–Kier alpha value is -2.94. The van der Waals surface area contributed by atoms with Crippen LogP contribution in [-0.4, -0.2) is 75.6 Å². The van der Waals surface area contributed by atoms with E-state index >= 15 is 0 Å². The van der Waals surface area contributed by atoms with Crippen LogP contribution in [0.25, 0.3) is 0 Å². The van der Waals surface area contributed by atoms with Crippen molar-refractivity contribution in [2.45, 2.75) is 154 Å². The molecule has 14 nitrogen and oxygen atoms in total. The van der Waals surface area contributed by atoms with Crippen molar-refractivity contribution in [3.63, 3.8) is 0 Å². The lowest BCUT2D eigenvalue weighted by Crippen LogP contribution is -2.42. The van der Waals surface area contributed by atoms with E-state index < -0.39 is 33.4 Å². The maximum absolute atomic E-state index is 12.2. The Bertz CT molecular complexity index is 1150. The van der Waals surface area contributed by atoms with E-state index in [9.17, 15) is 32.7 Å². The lowest BCUT2D eigenvalue weighted by Gasteiger charge is -2.19. The number of aromatic nitrogens is 4. The van der Waals surface area contributed by atoms with Crippen molar-refractivity contribution in [2.75, 3.05) is 12.3 Å². The fourth-order valence-corrected chi connectivity index (χ4v) is 6.21. The molecule has 0 aliphatic heterocycles. The first-order valence-corrected chi connectivity index (χ1v) is 19.0. The standard InChI is InChI=1S/C32H59N7O7S.H2/c1-32(2,33)27(40)25-26(31(43)44)19-16-17-23-34-29(41)22-18-24-47(45,46)37-30(42)21-15-13-11-9-7-5-3-4-6-8-10-12-14-20-28-35-38-39-36-28;/h26H,3-25,33H2,1-2H3,(H,34,41)(H,37,42)(H,43,44)(H,35,36,38,39);1H/t26-;/m1./s1. The maximum atomic E-state index is 12.2. The molecular weight excluding hydrogens is 626 g/mol. The number of unbranched alkanes of at least 4 members (excludes halogenated alkanes) is 13. The second kappa shape index (κ2) is 24.2. The minimum Gasteiger partial charge on any atom is -0.481 e. The summed E-state index contributed by atoms with van der Waals surface area (Å²) >= 11 is 0. The van der Waals surface area contributed by atoms with Crippen molar-refractivity contribution >= 4 is 33.6 Å². The number of rotatable bonds is 30. The molecule has 0 saturated carbocycles. The van der Waals surface area contributed by atoms with Gasteiger partial charge in [0, 0.05) is 33.7 Å². The summed E-state index contributed by atoms with van der Waals surface area (Å²) in [6, 6.07) is 0. The van der Waals surface area contributed by atoms with Crippen molar-refractivity contribution in [1.29, 1.82) is 0 Å². The molecule has 0 fully saturated rings. The number of ketones is 1. The number of aryl methyl sites for hydroxylation is 1. The minimum atomic E-state index is -3.80. The summed E-state index contributed by atoms with van der Waals surface area (Å²) in [5.74, 6) is -2.55. The van der Waals surface area contributed by atoms with Crippen LogP contribution < -0.4 is 15.8 Å². The number of nitrogens with one attached hydrogen (secondary N) is 3. The van der Waals surface area contributed by atoms with Crippen LogP contribution in [-0.2, 0) is 35.6 Å². The number of aliphatic carboxylic acids is 1. The SMILES string of the molecule is CC(C)(N)C(=O)C[C@@H](CCCCNC(=O)CCCS(=O)(=O)NC(=O)CCCCCCCCCCCCCCCc1nn[nH]n1)C(=O)O.[HH]. The average Bonchev–Trinajstić information content (AvgIpc) is 3.51. The first-order valence-electron chi connectivity index (χ1n) is 17.4. The molecule has 0 aromatic carbocycles. The molecule has 1 aromatic rings. The van der Waals surface area contributed by atoms with Gasteiger partial charge in [-0.05, 0) is 46.0 Å². The fourth-order valence-electron chi connectivity index (χ4n) is 5.13. The fraction of sp³-hybridized carbons (Fsp3) is 0.844. The summed E-state index contributed by atoms with van der Waals surface area (Å²) in [5, 5.41) is 26.0. The Morgan fingerprint density at radius 1 is 0.830 bits per heavy atom. The zero-order valence-electron chi connectivity index (χ0n) is 28.6. The first kappa shape index (κ1) is 42.1. The van der Waals surface area contributed by atoms with Gasteiger partial charge in [0.05, 0.1) is 17.2 Å². The topological polar surface area (TPSA) is 227 Å². The molecule has 0 saturated heterocycles. The number of Topliss-reactive ketones (excluding diaryl/α,β-unsaturated/α-hetero) is 1. The number of carbonyl (C=O) groups is 4. The molecule has 0 aliphatic rings. The summed E-state index contributed by atoms with van der Waals surface area (Å²) in [6.07, 6.45) is 17.0. The van der Waals surface area contributed by atoms with Crippen LogP contribution >= 0.6 is 0 Å². The molecule has 1 aromatic heterocycles. The summed E-state index contributed by atoms with van der Waals surface area (Å²) in [7, 11) is -3.80. The zero-order valence-corrected chi connectivity index (χ0v) is 29.4. The molecule has 0 radical (unpaired) electrons. The molecule has 0 aliphatic carbocycles. The number of hydrogen-bond acceptors (Lipinski definition) is 10. The van der Waals surface area contributed by atoms with Gasteiger partial charge in [0.2, 0.25) is 21.8 Å². The van der Waals surface area contributed by atoms with Gasteiger partial charge in [0.15, 0.2) is 11.6 Å². The molecule has 1 atom stereocenters. The summed E-state index contributed by atoms with van der Waals surface area (Å²) < 4.78 is 26.5. The molecule has 0 bridgehead atoms. The van der Waals surface area contributed by atoms with Crippen LogP contribution in [0.1, 0.15) is 150 Å². The van der Waals surface area contributed by atoms with Crippen LogP contribution in [0.4, 0.5) is 0 Å². The van der Waals surface area contributed by atoms with Crippen LogP contribution in [0, 0.1) is 5.92 Å². The predicted octanol–water partition coefficient (Wildman–Crippen LogP) is 4.36. The van der Waals surface area contributed by atoms with Gasteiger partial charge in [-0.25, -0.2) is 8.42 Å². The third-order valence-electron chi connectivity index (χ3n) is 8.08. The highest BCUT2D eigenvalue weighted by atomic mass is 32.2. The van der Waals surface area contributed by atoms with Crippen LogP contribution in [0.2, 0.25) is 0 Å². The lowest BCUT2D eigenvalue weighted by molar-refractivity contribution is -0.144. The zero-order chi connectivity index (χ0) is 35.0. The third kappa shape index (κ3) is 23.1. The first-order chi connectivity index (χ1) is 22.3. The molecule has 15 heteroatoms. The van der Waals surface area contributed by atoms with Gasteiger partial charge in [-0.2, -0.15) is 5.21 Å². The Morgan fingerprint density at radius 2 is 1.38 bits per heavy atom. The number of nitrogens with two attached hydrogens (primary N) is 1. The van der Waals surface area contributed by atoms with Crippen molar-refractivity contribution in [3.05, 3.63) is 5.82 Å².